The molecule has 0 heterocycles. The zero-order valence-electron chi connectivity index (χ0n) is 8.19. The quantitative estimate of drug-likeness (QED) is 0.778. The van der Waals surface area contributed by atoms with E-state index < -0.39 is 11.6 Å². The fraction of sp³-hybridized carbons (Fsp3) is 0.455. The van der Waals surface area contributed by atoms with Gasteiger partial charge in [-0.05, 0) is 30.5 Å². The van der Waals surface area contributed by atoms with Crippen LogP contribution in [0.2, 0.25) is 5.02 Å². The van der Waals surface area contributed by atoms with Crippen molar-refractivity contribution in [3.63, 3.8) is 0 Å². The molecule has 1 saturated carbocycles. The highest BCUT2D eigenvalue weighted by molar-refractivity contribution is 6.31. The van der Waals surface area contributed by atoms with Gasteiger partial charge < -0.3 is 5.73 Å². The van der Waals surface area contributed by atoms with Crippen LogP contribution < -0.4 is 5.73 Å². The summed E-state index contributed by atoms with van der Waals surface area (Å²) in [4.78, 5) is 0. The maximum atomic E-state index is 13.1. The zero-order chi connectivity index (χ0) is 11.1. The average molecular weight is 232 g/mol. The Bertz CT molecular complexity index is 383. The molecule has 4 heteroatoms. The van der Waals surface area contributed by atoms with Crippen LogP contribution in [0, 0.1) is 11.6 Å². The first-order valence-corrected chi connectivity index (χ1v) is 5.32. The van der Waals surface area contributed by atoms with Gasteiger partial charge in [0.25, 0.3) is 0 Å². The number of hydrogen-bond donors (Lipinski definition) is 1. The average Bonchev–Trinajstić information content (AvgIpc) is 2.12. The molecule has 0 atom stereocenters. The Hall–Kier alpha value is -0.670. The maximum absolute atomic E-state index is 13.1. The van der Waals surface area contributed by atoms with Crippen molar-refractivity contribution in [1.29, 1.82) is 0 Å². The molecule has 1 aliphatic carbocycles. The number of hydrogen-bond acceptors (Lipinski definition) is 1. The van der Waals surface area contributed by atoms with E-state index in [-0.39, 0.29) is 10.4 Å². The number of nitrogens with two attached hydrogens (primary N) is 1. The summed E-state index contributed by atoms with van der Waals surface area (Å²) < 4.78 is 26.0. The number of benzene rings is 1. The van der Waals surface area contributed by atoms with Gasteiger partial charge in [-0.15, -0.1) is 0 Å². The highest BCUT2D eigenvalue weighted by Crippen LogP contribution is 2.45. The van der Waals surface area contributed by atoms with Crippen LogP contribution >= 0.6 is 11.6 Å². The molecule has 0 bridgehead atoms. The van der Waals surface area contributed by atoms with E-state index in [9.17, 15) is 8.78 Å². The molecule has 15 heavy (non-hydrogen) atoms. The molecule has 0 unspecified atom stereocenters. The van der Waals surface area contributed by atoms with Crippen LogP contribution in [0.3, 0.4) is 0 Å². The fourth-order valence-corrected chi connectivity index (χ4v) is 2.47. The van der Waals surface area contributed by atoms with Crippen molar-refractivity contribution in [2.75, 3.05) is 6.54 Å². The third-order valence-corrected chi connectivity index (χ3v) is 3.60. The van der Waals surface area contributed by atoms with Gasteiger partial charge in [0, 0.05) is 17.0 Å². The van der Waals surface area contributed by atoms with Crippen molar-refractivity contribution >= 4 is 11.6 Å². The van der Waals surface area contributed by atoms with E-state index in [0.29, 0.717) is 12.1 Å². The summed E-state index contributed by atoms with van der Waals surface area (Å²) in [6, 6.07) is 2.21. The minimum atomic E-state index is -0.907. The number of halogens is 3. The van der Waals surface area contributed by atoms with Crippen LogP contribution in [0.25, 0.3) is 0 Å². The van der Waals surface area contributed by atoms with Gasteiger partial charge in [-0.1, -0.05) is 18.0 Å². The predicted octanol–water partition coefficient (Wildman–Crippen LogP) is 3.00. The molecule has 0 amide bonds. The Morgan fingerprint density at radius 1 is 1.27 bits per heavy atom. The SMILES string of the molecule is NCC1(c2cc(F)c(F)cc2Cl)CCC1. The minimum Gasteiger partial charge on any atom is -0.330 e. The van der Waals surface area contributed by atoms with Gasteiger partial charge in [0.05, 0.1) is 0 Å². The normalized spacial score (nSPS) is 18.7. The van der Waals surface area contributed by atoms with Crippen LogP contribution in [0.15, 0.2) is 12.1 Å². The molecule has 1 aromatic carbocycles. The van der Waals surface area contributed by atoms with Gasteiger partial charge in [-0.2, -0.15) is 0 Å². The highest BCUT2D eigenvalue weighted by atomic mass is 35.5. The number of rotatable bonds is 2. The third kappa shape index (κ3) is 1.64. The molecule has 1 aliphatic rings. The lowest BCUT2D eigenvalue weighted by atomic mass is 9.64. The Balaban J connectivity index is 2.47. The molecule has 0 aromatic heterocycles. The van der Waals surface area contributed by atoms with Crippen LogP contribution in [0.4, 0.5) is 8.78 Å². The molecule has 0 spiro atoms. The molecule has 0 aliphatic heterocycles. The largest absolute Gasteiger partial charge is 0.330 e. The molecule has 1 aromatic rings. The first-order chi connectivity index (χ1) is 7.09. The van der Waals surface area contributed by atoms with Gasteiger partial charge in [-0.3, -0.25) is 0 Å². The molecule has 0 saturated heterocycles. The second-order valence-corrected chi connectivity index (χ2v) is 4.49. The van der Waals surface area contributed by atoms with Gasteiger partial charge in [0.1, 0.15) is 0 Å². The highest BCUT2D eigenvalue weighted by Gasteiger charge is 2.39. The van der Waals surface area contributed by atoms with Gasteiger partial charge in [0.2, 0.25) is 0 Å². The summed E-state index contributed by atoms with van der Waals surface area (Å²) >= 11 is 5.92. The lowest BCUT2D eigenvalue weighted by Gasteiger charge is -2.42. The van der Waals surface area contributed by atoms with E-state index in [1.807, 2.05) is 0 Å². The van der Waals surface area contributed by atoms with E-state index in [1.165, 1.54) is 6.07 Å². The third-order valence-electron chi connectivity index (χ3n) is 3.28. The van der Waals surface area contributed by atoms with Crippen molar-refractivity contribution in [3.8, 4) is 0 Å². The van der Waals surface area contributed by atoms with Crippen molar-refractivity contribution in [3.05, 3.63) is 34.4 Å². The summed E-state index contributed by atoms with van der Waals surface area (Å²) in [5, 5.41) is 0.277. The van der Waals surface area contributed by atoms with Gasteiger partial charge in [0.15, 0.2) is 11.6 Å². The Labute approximate surface area is 92.2 Å². The van der Waals surface area contributed by atoms with Crippen LogP contribution in [0.1, 0.15) is 24.8 Å². The summed E-state index contributed by atoms with van der Waals surface area (Å²) in [7, 11) is 0. The van der Waals surface area contributed by atoms with Crippen molar-refractivity contribution in [2.24, 2.45) is 5.73 Å². The van der Waals surface area contributed by atoms with Crippen molar-refractivity contribution < 1.29 is 8.78 Å². The van der Waals surface area contributed by atoms with E-state index in [0.717, 1.165) is 25.3 Å². The smallest absolute Gasteiger partial charge is 0.160 e. The van der Waals surface area contributed by atoms with E-state index >= 15 is 0 Å². The lowest BCUT2D eigenvalue weighted by Crippen LogP contribution is -2.41. The molecule has 2 rings (SSSR count). The van der Waals surface area contributed by atoms with Crippen LogP contribution in [0.5, 0.6) is 0 Å². The minimum absolute atomic E-state index is 0.231. The van der Waals surface area contributed by atoms with Crippen molar-refractivity contribution in [1.82, 2.24) is 0 Å². The molecular formula is C11H12ClF2N. The summed E-state index contributed by atoms with van der Waals surface area (Å²) in [5.41, 5.74) is 6.10. The second-order valence-electron chi connectivity index (χ2n) is 4.08. The fourth-order valence-electron chi connectivity index (χ4n) is 2.12. The Morgan fingerprint density at radius 3 is 2.33 bits per heavy atom. The molecule has 1 nitrogen and oxygen atoms in total. The second kappa shape index (κ2) is 3.72. The molecule has 82 valence electrons. The van der Waals surface area contributed by atoms with E-state index in [1.54, 1.807) is 0 Å². The summed E-state index contributed by atoms with van der Waals surface area (Å²) in [5.74, 6) is -1.76. The molecular weight excluding hydrogens is 220 g/mol. The molecule has 0 radical (unpaired) electrons. The first-order valence-electron chi connectivity index (χ1n) is 4.94. The van der Waals surface area contributed by atoms with Gasteiger partial charge >= 0.3 is 0 Å². The lowest BCUT2D eigenvalue weighted by molar-refractivity contribution is 0.252. The standard InChI is InChI=1S/C11H12ClF2N/c12-8-5-10(14)9(13)4-7(8)11(6-15)2-1-3-11/h4-5H,1-3,6,15H2. The topological polar surface area (TPSA) is 26.0 Å². The van der Waals surface area contributed by atoms with E-state index in [4.69, 9.17) is 17.3 Å². The monoisotopic (exact) mass is 231 g/mol. The summed E-state index contributed by atoms with van der Waals surface area (Å²) in [6.07, 6.45) is 2.86. The predicted molar refractivity (Wildman–Crippen MR) is 56.0 cm³/mol. The zero-order valence-corrected chi connectivity index (χ0v) is 8.95. The van der Waals surface area contributed by atoms with Crippen molar-refractivity contribution in [2.45, 2.75) is 24.7 Å². The molecule has 1 fully saturated rings. The van der Waals surface area contributed by atoms with Gasteiger partial charge in [-0.25, -0.2) is 8.78 Å². The Kier molecular flexibility index (Phi) is 2.69. The van der Waals surface area contributed by atoms with E-state index in [2.05, 4.69) is 0 Å². The van der Waals surface area contributed by atoms with Crippen LogP contribution in [-0.4, -0.2) is 6.54 Å². The first kappa shape index (κ1) is 10.8. The molecule has 2 N–H and O–H groups in total. The maximum Gasteiger partial charge on any atom is 0.160 e. The summed E-state index contributed by atoms with van der Waals surface area (Å²) in [6.45, 7) is 0.428. The van der Waals surface area contributed by atoms with Crippen LogP contribution in [-0.2, 0) is 5.41 Å². The Morgan fingerprint density at radius 2 is 1.87 bits per heavy atom.